The minimum Gasteiger partial charge on any atom is -0.0842 e. The first-order chi connectivity index (χ1) is 7.00. The summed E-state index contributed by atoms with van der Waals surface area (Å²) in [4.78, 5) is 0. The molecule has 0 aromatic rings. The maximum atomic E-state index is 2.20. The minimum atomic E-state index is 1.00. The molecule has 0 saturated heterocycles. The van der Waals surface area contributed by atoms with Crippen molar-refractivity contribution in [1.29, 1.82) is 0 Å². The van der Waals surface area contributed by atoms with E-state index in [2.05, 4.69) is 67.2 Å². The van der Waals surface area contributed by atoms with Crippen molar-refractivity contribution < 1.29 is 0 Å². The van der Waals surface area contributed by atoms with Gasteiger partial charge in [-0.1, -0.05) is 60.8 Å². The molecule has 0 aliphatic heterocycles. The Morgan fingerprint density at radius 3 is 2.00 bits per heavy atom. The van der Waals surface area contributed by atoms with Crippen LogP contribution in [0.4, 0.5) is 0 Å². The molecule has 1 radical (unpaired) electrons. The Morgan fingerprint density at radius 2 is 1.14 bits per heavy atom. The van der Waals surface area contributed by atoms with Crippen molar-refractivity contribution in [1.82, 2.24) is 0 Å². The zero-order chi connectivity index (χ0) is 9.90. The van der Waals surface area contributed by atoms with Gasteiger partial charge in [-0.2, -0.15) is 0 Å². The predicted molar refractivity (Wildman–Crippen MR) is 63.9 cm³/mol. The van der Waals surface area contributed by atoms with Crippen LogP contribution in [0.5, 0.6) is 0 Å². The summed E-state index contributed by atoms with van der Waals surface area (Å²) >= 11 is 0. The summed E-state index contributed by atoms with van der Waals surface area (Å²) in [5.41, 5.74) is 0. The van der Waals surface area contributed by atoms with Gasteiger partial charge in [0.25, 0.3) is 0 Å². The fourth-order valence-electron chi connectivity index (χ4n) is 1.13. The topological polar surface area (TPSA) is 0 Å². The number of rotatable bonds is 0. The Morgan fingerprint density at radius 1 is 0.500 bits per heavy atom. The Balaban J connectivity index is 2.45. The van der Waals surface area contributed by atoms with Crippen molar-refractivity contribution in [2.75, 3.05) is 0 Å². The first-order valence-electron chi connectivity index (χ1n) is 5.13. The van der Waals surface area contributed by atoms with Crippen LogP contribution in [0.3, 0.4) is 0 Å². The molecule has 0 spiro atoms. The molecule has 1 aliphatic carbocycles. The van der Waals surface area contributed by atoms with Crippen molar-refractivity contribution >= 4 is 0 Å². The monoisotopic (exact) mass is 185 g/mol. The van der Waals surface area contributed by atoms with E-state index < -0.39 is 0 Å². The molecule has 1 aliphatic rings. The molecule has 0 amide bonds. The minimum absolute atomic E-state index is 1.00. The van der Waals surface area contributed by atoms with Crippen molar-refractivity contribution in [3.05, 3.63) is 67.2 Å². The normalized spacial score (nSPS) is 29.7. The third kappa shape index (κ3) is 6.24. The molecule has 0 heteroatoms. The van der Waals surface area contributed by atoms with Crippen molar-refractivity contribution in [3.8, 4) is 0 Å². The zero-order valence-corrected chi connectivity index (χ0v) is 8.47. The van der Waals surface area contributed by atoms with Gasteiger partial charge in [0.2, 0.25) is 0 Å². The molecule has 0 fully saturated rings. The van der Waals surface area contributed by atoms with Gasteiger partial charge < -0.3 is 0 Å². The Hall–Kier alpha value is -1.30. The maximum absolute atomic E-state index is 2.20. The second-order valence-corrected chi connectivity index (χ2v) is 3.10. The van der Waals surface area contributed by atoms with E-state index in [9.17, 15) is 0 Å². The summed E-state index contributed by atoms with van der Waals surface area (Å²) in [6.45, 7) is 0. The van der Waals surface area contributed by atoms with Crippen LogP contribution in [-0.2, 0) is 0 Å². The average Bonchev–Trinajstić information content (AvgIpc) is 2.22. The second-order valence-electron chi connectivity index (χ2n) is 3.10. The lowest BCUT2D eigenvalue weighted by Crippen LogP contribution is -1.66. The van der Waals surface area contributed by atoms with Gasteiger partial charge >= 0.3 is 0 Å². The van der Waals surface area contributed by atoms with Gasteiger partial charge in [0, 0.05) is 6.42 Å². The van der Waals surface area contributed by atoms with E-state index in [0.29, 0.717) is 0 Å². The van der Waals surface area contributed by atoms with Crippen LogP contribution < -0.4 is 0 Å². The highest BCUT2D eigenvalue weighted by atomic mass is 13.8. The van der Waals surface area contributed by atoms with Gasteiger partial charge in [0.1, 0.15) is 0 Å². The van der Waals surface area contributed by atoms with E-state index in [-0.39, 0.29) is 0 Å². The summed E-state index contributed by atoms with van der Waals surface area (Å²) in [5.74, 6) is 0. The van der Waals surface area contributed by atoms with Gasteiger partial charge in [-0.3, -0.25) is 0 Å². The molecule has 0 nitrogen and oxygen atoms in total. The standard InChI is InChI=1S/C14H17/c1-2-4-6-8-10-12-14-13-11-9-7-5-3-1/h1-7,10,12-14H,8-9,11H2/b3-1+,6-4+,7-5-,12-10-,14-13+. The molecule has 0 unspecified atom stereocenters. The molecule has 0 aromatic carbocycles. The second kappa shape index (κ2) is 8.31. The number of allylic oxidation sites excluding steroid dienone is 10. The molecule has 14 heavy (non-hydrogen) atoms. The highest BCUT2D eigenvalue weighted by molar-refractivity contribution is 5.15. The largest absolute Gasteiger partial charge is 0.0842 e. The highest BCUT2D eigenvalue weighted by Gasteiger charge is 1.76. The van der Waals surface area contributed by atoms with Crippen molar-refractivity contribution in [2.45, 2.75) is 19.3 Å². The number of hydrogen-bond acceptors (Lipinski definition) is 0. The van der Waals surface area contributed by atoms with E-state index in [0.717, 1.165) is 19.3 Å². The molecule has 0 aromatic heterocycles. The van der Waals surface area contributed by atoms with Crippen LogP contribution in [-0.4, -0.2) is 0 Å². The molecular weight excluding hydrogens is 168 g/mol. The van der Waals surface area contributed by atoms with Gasteiger partial charge in [0.05, 0.1) is 0 Å². The summed E-state index contributed by atoms with van der Waals surface area (Å²) in [6, 6.07) is 0. The molecule has 0 bridgehead atoms. The van der Waals surface area contributed by atoms with Crippen LogP contribution >= 0.6 is 0 Å². The van der Waals surface area contributed by atoms with Gasteiger partial charge in [0.15, 0.2) is 0 Å². The Labute approximate surface area is 87.0 Å². The number of hydrogen-bond donors (Lipinski definition) is 0. The predicted octanol–water partition coefficient (Wildman–Crippen LogP) is 4.16. The van der Waals surface area contributed by atoms with E-state index >= 15 is 0 Å². The zero-order valence-electron chi connectivity index (χ0n) is 8.47. The fraction of sp³-hybridized carbons (Fsp3) is 0.214. The Kier molecular flexibility index (Phi) is 6.39. The lowest BCUT2D eigenvalue weighted by atomic mass is 10.2. The third-order valence-corrected chi connectivity index (χ3v) is 1.87. The van der Waals surface area contributed by atoms with E-state index in [1.165, 1.54) is 0 Å². The molecule has 0 atom stereocenters. The lowest BCUT2D eigenvalue weighted by molar-refractivity contribution is 1.05. The molecule has 73 valence electrons. The van der Waals surface area contributed by atoms with Crippen molar-refractivity contribution in [3.63, 3.8) is 0 Å². The first kappa shape index (κ1) is 10.8. The van der Waals surface area contributed by atoms with Crippen LogP contribution in [0, 0.1) is 6.42 Å². The van der Waals surface area contributed by atoms with Gasteiger partial charge in [-0.25, -0.2) is 0 Å². The van der Waals surface area contributed by atoms with E-state index in [1.807, 2.05) is 0 Å². The SMILES string of the molecule is [CH]1/C=C/C=C\CC/C=C/C=C\C/C=C/1. The lowest BCUT2D eigenvalue weighted by Gasteiger charge is -1.86. The highest BCUT2D eigenvalue weighted by Crippen LogP contribution is 1.96. The summed E-state index contributed by atoms with van der Waals surface area (Å²) in [6.07, 6.45) is 26.5. The third-order valence-electron chi connectivity index (χ3n) is 1.87. The van der Waals surface area contributed by atoms with Crippen molar-refractivity contribution in [2.24, 2.45) is 0 Å². The summed E-state index contributed by atoms with van der Waals surface area (Å²) in [7, 11) is 0. The fourth-order valence-corrected chi connectivity index (χ4v) is 1.13. The van der Waals surface area contributed by atoms with Crippen LogP contribution in [0.15, 0.2) is 60.8 Å². The average molecular weight is 185 g/mol. The quantitative estimate of drug-likeness (QED) is 0.531. The molecule has 0 heterocycles. The van der Waals surface area contributed by atoms with E-state index in [1.54, 1.807) is 0 Å². The molecule has 1 rings (SSSR count). The molecule has 0 N–H and O–H groups in total. The van der Waals surface area contributed by atoms with Crippen LogP contribution in [0.1, 0.15) is 19.3 Å². The first-order valence-corrected chi connectivity index (χ1v) is 5.13. The van der Waals surface area contributed by atoms with Gasteiger partial charge in [-0.15, -0.1) is 0 Å². The van der Waals surface area contributed by atoms with Gasteiger partial charge in [-0.05, 0) is 19.3 Å². The van der Waals surface area contributed by atoms with Crippen LogP contribution in [0.25, 0.3) is 0 Å². The van der Waals surface area contributed by atoms with Crippen LogP contribution in [0.2, 0.25) is 0 Å². The smallest absolute Gasteiger partial charge is 0.00474 e. The maximum Gasteiger partial charge on any atom is 0.00474 e. The molecule has 0 saturated carbocycles. The summed E-state index contributed by atoms with van der Waals surface area (Å²) < 4.78 is 0. The Bertz CT molecular complexity index is 234. The summed E-state index contributed by atoms with van der Waals surface area (Å²) in [5, 5.41) is 0. The van der Waals surface area contributed by atoms with E-state index in [4.69, 9.17) is 0 Å². The molecular formula is C14H17.